The summed E-state index contributed by atoms with van der Waals surface area (Å²) in [6.45, 7) is 5.40. The minimum absolute atomic E-state index is 0.264. The van der Waals surface area contributed by atoms with Gasteiger partial charge in [-0.25, -0.2) is 9.78 Å². The molecule has 2 N–H and O–H groups in total. The van der Waals surface area contributed by atoms with Crippen molar-refractivity contribution in [2.24, 2.45) is 0 Å². The zero-order valence-electron chi connectivity index (χ0n) is 10.6. The first-order valence-electron chi connectivity index (χ1n) is 5.54. The number of aliphatic carboxylic acids is 1. The molecule has 5 nitrogen and oxygen atoms in total. The van der Waals surface area contributed by atoms with E-state index in [4.69, 9.17) is 5.11 Å². The molecule has 0 saturated heterocycles. The molecule has 0 radical (unpaired) electrons. The number of allylic oxidation sites excluding steroid dienone is 1. The summed E-state index contributed by atoms with van der Waals surface area (Å²) in [5.41, 5.74) is 0.309. The smallest absolute Gasteiger partial charge is 0.326 e. The number of nitrogens with zero attached hydrogens (tertiary/aromatic N) is 1. The Morgan fingerprint density at radius 2 is 2.17 bits per heavy atom. The molecular weight excluding hydrogens is 252 g/mol. The molecule has 0 spiro atoms. The number of hydrogen-bond acceptors (Lipinski definition) is 4. The lowest BCUT2D eigenvalue weighted by molar-refractivity contribution is -0.139. The summed E-state index contributed by atoms with van der Waals surface area (Å²) in [7, 11) is 0. The zero-order chi connectivity index (χ0) is 13.7. The van der Waals surface area contributed by atoms with E-state index in [1.165, 1.54) is 11.3 Å². The van der Waals surface area contributed by atoms with Gasteiger partial charge >= 0.3 is 5.97 Å². The van der Waals surface area contributed by atoms with Crippen LogP contribution in [0, 0.1) is 13.8 Å². The Balaban J connectivity index is 2.78. The van der Waals surface area contributed by atoms with Gasteiger partial charge in [-0.3, -0.25) is 4.79 Å². The van der Waals surface area contributed by atoms with Crippen LogP contribution in [0.25, 0.3) is 0 Å². The highest BCUT2D eigenvalue weighted by Gasteiger charge is 2.22. The van der Waals surface area contributed by atoms with Crippen molar-refractivity contribution in [3.8, 4) is 0 Å². The molecule has 1 atom stereocenters. The van der Waals surface area contributed by atoms with E-state index >= 15 is 0 Å². The fourth-order valence-corrected chi connectivity index (χ4v) is 2.27. The minimum Gasteiger partial charge on any atom is -0.480 e. The Morgan fingerprint density at radius 1 is 1.50 bits per heavy atom. The van der Waals surface area contributed by atoms with Gasteiger partial charge in [0.25, 0.3) is 5.91 Å². The molecule has 1 amide bonds. The summed E-state index contributed by atoms with van der Waals surface area (Å²) < 4.78 is 0. The molecule has 6 heteroatoms. The standard InChI is InChI=1S/C12H16N2O3S/c1-4-5-6-9(12(16)17)14-11(15)10-7(2)18-8(3)13-10/h4-5,9H,6H2,1-3H3,(H,14,15)(H,16,17). The van der Waals surface area contributed by atoms with Crippen LogP contribution in [0.5, 0.6) is 0 Å². The molecule has 0 bridgehead atoms. The van der Waals surface area contributed by atoms with Crippen LogP contribution in [-0.4, -0.2) is 28.0 Å². The predicted octanol–water partition coefficient (Wildman–Crippen LogP) is 1.91. The van der Waals surface area contributed by atoms with E-state index in [2.05, 4.69) is 10.3 Å². The first-order valence-corrected chi connectivity index (χ1v) is 6.36. The second kappa shape index (κ2) is 6.30. The average Bonchev–Trinajstić information content (AvgIpc) is 2.63. The van der Waals surface area contributed by atoms with Crippen LogP contribution >= 0.6 is 11.3 Å². The molecular formula is C12H16N2O3S. The van der Waals surface area contributed by atoms with Gasteiger partial charge in [-0.05, 0) is 27.2 Å². The highest BCUT2D eigenvalue weighted by molar-refractivity contribution is 7.11. The second-order valence-electron chi connectivity index (χ2n) is 3.81. The fourth-order valence-electron chi connectivity index (χ4n) is 1.46. The molecule has 1 aromatic heterocycles. The summed E-state index contributed by atoms with van der Waals surface area (Å²) >= 11 is 1.42. The predicted molar refractivity (Wildman–Crippen MR) is 69.9 cm³/mol. The van der Waals surface area contributed by atoms with Crippen LogP contribution in [0.15, 0.2) is 12.2 Å². The summed E-state index contributed by atoms with van der Waals surface area (Å²) in [6, 6.07) is -0.921. The van der Waals surface area contributed by atoms with Crippen LogP contribution in [0.1, 0.15) is 33.7 Å². The van der Waals surface area contributed by atoms with Crippen LogP contribution < -0.4 is 5.32 Å². The summed E-state index contributed by atoms with van der Waals surface area (Å²) in [6.07, 6.45) is 3.72. The molecule has 1 unspecified atom stereocenters. The van der Waals surface area contributed by atoms with Crippen molar-refractivity contribution in [3.05, 3.63) is 27.7 Å². The lowest BCUT2D eigenvalue weighted by Crippen LogP contribution is -2.40. The van der Waals surface area contributed by atoms with Gasteiger partial charge in [-0.2, -0.15) is 0 Å². The normalized spacial score (nSPS) is 12.6. The molecule has 0 saturated carbocycles. The fraction of sp³-hybridized carbons (Fsp3) is 0.417. The molecule has 0 fully saturated rings. The summed E-state index contributed by atoms with van der Waals surface area (Å²) in [4.78, 5) is 27.8. The number of aryl methyl sites for hydroxylation is 2. The largest absolute Gasteiger partial charge is 0.480 e. The number of aromatic nitrogens is 1. The van der Waals surface area contributed by atoms with E-state index in [0.717, 1.165) is 9.88 Å². The molecule has 1 aromatic rings. The number of carboxylic acid groups (broad SMARTS) is 1. The molecule has 98 valence electrons. The van der Waals surface area contributed by atoms with Crippen molar-refractivity contribution in [2.75, 3.05) is 0 Å². The third-order valence-corrected chi connectivity index (χ3v) is 3.22. The molecule has 18 heavy (non-hydrogen) atoms. The highest BCUT2D eigenvalue weighted by atomic mass is 32.1. The van der Waals surface area contributed by atoms with Crippen molar-refractivity contribution < 1.29 is 14.7 Å². The average molecular weight is 268 g/mol. The van der Waals surface area contributed by atoms with Crippen LogP contribution in [-0.2, 0) is 4.79 Å². The maximum Gasteiger partial charge on any atom is 0.326 e. The number of nitrogens with one attached hydrogen (secondary N) is 1. The molecule has 0 aliphatic carbocycles. The summed E-state index contributed by atoms with van der Waals surface area (Å²) in [5, 5.41) is 12.3. The molecule has 0 aliphatic heterocycles. The Morgan fingerprint density at radius 3 is 2.61 bits per heavy atom. The van der Waals surface area contributed by atoms with Gasteiger partial charge in [-0.1, -0.05) is 12.2 Å². The number of carboxylic acids is 1. The lowest BCUT2D eigenvalue weighted by Gasteiger charge is -2.11. The molecule has 1 rings (SSSR count). The minimum atomic E-state index is -1.05. The molecule has 0 aliphatic rings. The number of rotatable bonds is 5. The second-order valence-corrected chi connectivity index (χ2v) is 5.21. The lowest BCUT2D eigenvalue weighted by atomic mass is 10.2. The third kappa shape index (κ3) is 3.66. The Kier molecular flexibility index (Phi) is 5.03. The monoisotopic (exact) mass is 268 g/mol. The van der Waals surface area contributed by atoms with Gasteiger partial charge in [0.2, 0.25) is 0 Å². The SMILES string of the molecule is CC=CCC(NC(=O)c1nc(C)sc1C)C(=O)O. The van der Waals surface area contributed by atoms with Crippen molar-refractivity contribution in [3.63, 3.8) is 0 Å². The third-order valence-electron chi connectivity index (χ3n) is 2.33. The highest BCUT2D eigenvalue weighted by Crippen LogP contribution is 2.16. The van der Waals surface area contributed by atoms with Crippen LogP contribution in [0.2, 0.25) is 0 Å². The Hall–Kier alpha value is -1.69. The van der Waals surface area contributed by atoms with Gasteiger partial charge in [-0.15, -0.1) is 11.3 Å². The van der Waals surface area contributed by atoms with Gasteiger partial charge < -0.3 is 10.4 Å². The number of thiazole rings is 1. The Labute approximate surface area is 110 Å². The number of carbonyl (C=O) groups is 2. The van der Waals surface area contributed by atoms with Crippen molar-refractivity contribution >= 4 is 23.2 Å². The number of amides is 1. The van der Waals surface area contributed by atoms with E-state index in [9.17, 15) is 9.59 Å². The van der Waals surface area contributed by atoms with E-state index < -0.39 is 17.9 Å². The molecule has 1 heterocycles. The first kappa shape index (κ1) is 14.4. The zero-order valence-corrected chi connectivity index (χ0v) is 11.4. The number of hydrogen-bond donors (Lipinski definition) is 2. The summed E-state index contributed by atoms with van der Waals surface area (Å²) in [5.74, 6) is -1.49. The molecule has 0 aromatic carbocycles. The maximum atomic E-state index is 11.9. The first-order chi connectivity index (χ1) is 8.45. The van der Waals surface area contributed by atoms with Crippen LogP contribution in [0.3, 0.4) is 0 Å². The van der Waals surface area contributed by atoms with Crippen molar-refractivity contribution in [2.45, 2.75) is 33.2 Å². The van der Waals surface area contributed by atoms with E-state index in [0.29, 0.717) is 5.69 Å². The van der Waals surface area contributed by atoms with Gasteiger partial charge in [0.05, 0.1) is 5.01 Å². The quantitative estimate of drug-likeness (QED) is 0.799. The maximum absolute atomic E-state index is 11.9. The van der Waals surface area contributed by atoms with E-state index in [-0.39, 0.29) is 6.42 Å². The van der Waals surface area contributed by atoms with Crippen molar-refractivity contribution in [1.29, 1.82) is 0 Å². The van der Waals surface area contributed by atoms with Gasteiger partial charge in [0.15, 0.2) is 0 Å². The van der Waals surface area contributed by atoms with Gasteiger partial charge in [0, 0.05) is 4.88 Å². The van der Waals surface area contributed by atoms with Crippen LogP contribution in [0.4, 0.5) is 0 Å². The van der Waals surface area contributed by atoms with Gasteiger partial charge in [0.1, 0.15) is 11.7 Å². The van der Waals surface area contributed by atoms with E-state index in [1.807, 2.05) is 6.92 Å². The van der Waals surface area contributed by atoms with Crippen molar-refractivity contribution in [1.82, 2.24) is 10.3 Å². The Bertz CT molecular complexity index is 480. The topological polar surface area (TPSA) is 79.3 Å². The van der Waals surface area contributed by atoms with E-state index in [1.54, 1.807) is 26.0 Å². The number of carbonyl (C=O) groups excluding carboxylic acids is 1.